The number of hydrogen-bond donors (Lipinski definition) is 1. The van der Waals surface area contributed by atoms with E-state index in [-0.39, 0.29) is 12.3 Å². The number of carbonyl (C=O) groups excluding carboxylic acids is 1. The highest BCUT2D eigenvalue weighted by Crippen LogP contribution is 2.40. The molecule has 0 saturated heterocycles. The number of benzene rings is 3. The molecule has 0 aliphatic carbocycles. The molecule has 0 radical (unpaired) electrons. The number of fused-ring (bicyclic) bond motifs is 1. The molecule has 41 heavy (non-hydrogen) atoms. The molecule has 9 heteroatoms. The Bertz CT molecular complexity index is 1770. The maximum atomic E-state index is 14.2. The third kappa shape index (κ3) is 5.17. The van der Waals surface area contributed by atoms with Crippen LogP contribution in [-0.4, -0.2) is 36.8 Å². The van der Waals surface area contributed by atoms with Crippen molar-refractivity contribution in [2.24, 2.45) is 0 Å². The zero-order chi connectivity index (χ0) is 29.1. The van der Waals surface area contributed by atoms with Crippen LogP contribution >= 0.6 is 0 Å². The first-order valence-corrected chi connectivity index (χ1v) is 12.8. The molecule has 0 aliphatic heterocycles. The van der Waals surface area contributed by atoms with Crippen molar-refractivity contribution in [1.82, 2.24) is 9.55 Å². The minimum atomic E-state index is -0.689. The first kappa shape index (κ1) is 27.3. The van der Waals surface area contributed by atoms with Gasteiger partial charge in [0.1, 0.15) is 29.5 Å². The van der Waals surface area contributed by atoms with Gasteiger partial charge in [-0.2, -0.15) is 0 Å². The fourth-order valence-corrected chi connectivity index (χ4v) is 4.80. The lowest BCUT2D eigenvalue weighted by Gasteiger charge is -2.21. The smallest absolute Gasteiger partial charge is 0.355 e. The molecule has 0 saturated carbocycles. The summed E-state index contributed by atoms with van der Waals surface area (Å²) in [5.74, 6) is 0.916. The van der Waals surface area contributed by atoms with Gasteiger partial charge < -0.3 is 24.7 Å². The number of hydrogen-bond acceptors (Lipinski definition) is 8. The van der Waals surface area contributed by atoms with Crippen LogP contribution in [0.2, 0.25) is 0 Å². The van der Waals surface area contributed by atoms with Crippen molar-refractivity contribution < 1.29 is 23.7 Å². The van der Waals surface area contributed by atoms with Crippen molar-refractivity contribution in [2.45, 2.75) is 13.5 Å². The Morgan fingerprint density at radius 1 is 0.927 bits per heavy atom. The SMILES string of the molecule is COC(=O)c1c(-c2cc(OC)c(C)c(OC)c2)c2ccc(OCc3cccnc3)cc2c(=O)n1-c1ccc(N)cc1. The summed E-state index contributed by atoms with van der Waals surface area (Å²) in [5, 5.41) is 0.871. The van der Waals surface area contributed by atoms with Crippen LogP contribution < -0.4 is 25.5 Å². The summed E-state index contributed by atoms with van der Waals surface area (Å²) in [6.45, 7) is 2.15. The van der Waals surface area contributed by atoms with E-state index in [1.54, 1.807) is 69.1 Å². The highest BCUT2D eigenvalue weighted by Gasteiger charge is 2.26. The zero-order valence-corrected chi connectivity index (χ0v) is 23.1. The largest absolute Gasteiger partial charge is 0.496 e. The maximum absolute atomic E-state index is 14.2. The Hall–Kier alpha value is -5.31. The van der Waals surface area contributed by atoms with Gasteiger partial charge in [-0.15, -0.1) is 0 Å². The third-order valence-corrected chi connectivity index (χ3v) is 6.85. The molecule has 0 spiro atoms. The van der Waals surface area contributed by atoms with Gasteiger partial charge >= 0.3 is 5.97 Å². The minimum absolute atomic E-state index is 0.0479. The Labute approximate surface area is 236 Å². The molecule has 5 aromatic rings. The number of pyridine rings is 2. The van der Waals surface area contributed by atoms with Gasteiger partial charge in [0.2, 0.25) is 0 Å². The van der Waals surface area contributed by atoms with Crippen molar-refractivity contribution in [3.8, 4) is 34.1 Å². The molecule has 0 unspecified atom stereocenters. The molecule has 2 N–H and O–H groups in total. The van der Waals surface area contributed by atoms with Crippen LogP contribution in [-0.2, 0) is 11.3 Å². The van der Waals surface area contributed by atoms with E-state index in [4.69, 9.17) is 24.7 Å². The molecule has 0 atom stereocenters. The average molecular weight is 552 g/mol. The summed E-state index contributed by atoms with van der Waals surface area (Å²) < 4.78 is 23.8. The van der Waals surface area contributed by atoms with Crippen LogP contribution in [0.15, 0.2) is 83.9 Å². The zero-order valence-electron chi connectivity index (χ0n) is 23.1. The number of esters is 1. The van der Waals surface area contributed by atoms with Gasteiger partial charge in [-0.25, -0.2) is 4.79 Å². The molecular weight excluding hydrogens is 522 g/mol. The van der Waals surface area contributed by atoms with E-state index in [0.717, 1.165) is 11.1 Å². The normalized spacial score (nSPS) is 10.8. The van der Waals surface area contributed by atoms with Gasteiger partial charge in [0.05, 0.1) is 26.7 Å². The summed E-state index contributed by atoms with van der Waals surface area (Å²) in [6.07, 6.45) is 3.41. The molecule has 2 aromatic heterocycles. The van der Waals surface area contributed by atoms with Crippen molar-refractivity contribution >= 4 is 22.4 Å². The monoisotopic (exact) mass is 551 g/mol. The van der Waals surface area contributed by atoms with Gasteiger partial charge in [0, 0.05) is 40.5 Å². The molecule has 2 heterocycles. The lowest BCUT2D eigenvalue weighted by molar-refractivity contribution is 0.0591. The number of carbonyl (C=O) groups is 1. The van der Waals surface area contributed by atoms with E-state index in [0.29, 0.717) is 50.5 Å². The Kier molecular flexibility index (Phi) is 7.60. The van der Waals surface area contributed by atoms with Crippen molar-refractivity contribution in [2.75, 3.05) is 27.1 Å². The van der Waals surface area contributed by atoms with E-state index in [1.807, 2.05) is 31.2 Å². The maximum Gasteiger partial charge on any atom is 0.355 e. The van der Waals surface area contributed by atoms with Crippen molar-refractivity contribution in [3.63, 3.8) is 0 Å². The number of methoxy groups -OCH3 is 3. The van der Waals surface area contributed by atoms with Gasteiger partial charge in [-0.1, -0.05) is 6.07 Å². The second-order valence-corrected chi connectivity index (χ2v) is 9.31. The van der Waals surface area contributed by atoms with Crippen LogP contribution in [0.4, 0.5) is 5.69 Å². The number of nitrogen functional groups attached to an aromatic ring is 1. The Morgan fingerprint density at radius 3 is 2.24 bits per heavy atom. The van der Waals surface area contributed by atoms with Crippen LogP contribution in [0.3, 0.4) is 0 Å². The Balaban J connectivity index is 1.84. The standard InChI is InChI=1S/C32H29N3O6/c1-19-27(38-2)14-21(15-28(19)39-3)29-25-12-11-24(41-18-20-6-5-13-34-17-20)16-26(25)31(36)35(30(29)32(37)40-4)23-9-7-22(33)8-10-23/h5-17H,18,33H2,1-4H3. The molecule has 0 bridgehead atoms. The van der Waals surface area contributed by atoms with E-state index in [1.165, 1.54) is 11.7 Å². The fraction of sp³-hybridized carbons (Fsp3) is 0.156. The van der Waals surface area contributed by atoms with E-state index in [9.17, 15) is 9.59 Å². The quantitative estimate of drug-likeness (QED) is 0.203. The van der Waals surface area contributed by atoms with Crippen LogP contribution in [0.25, 0.3) is 27.6 Å². The van der Waals surface area contributed by atoms with E-state index < -0.39 is 11.5 Å². The number of aromatic nitrogens is 2. The van der Waals surface area contributed by atoms with Crippen molar-refractivity contribution in [3.05, 3.63) is 106 Å². The second-order valence-electron chi connectivity index (χ2n) is 9.31. The first-order valence-electron chi connectivity index (χ1n) is 12.8. The molecule has 208 valence electrons. The third-order valence-electron chi connectivity index (χ3n) is 6.85. The van der Waals surface area contributed by atoms with E-state index >= 15 is 0 Å². The average Bonchev–Trinajstić information content (AvgIpc) is 3.01. The fourth-order valence-electron chi connectivity index (χ4n) is 4.80. The lowest BCUT2D eigenvalue weighted by atomic mass is 9.94. The summed E-state index contributed by atoms with van der Waals surface area (Å²) in [5.41, 5.74) is 9.26. The summed E-state index contributed by atoms with van der Waals surface area (Å²) in [7, 11) is 4.40. The molecule has 0 fully saturated rings. The van der Waals surface area contributed by atoms with Gasteiger partial charge in [-0.05, 0) is 78.5 Å². The molecule has 0 amide bonds. The summed E-state index contributed by atoms with van der Waals surface area (Å²) in [4.78, 5) is 31.8. The number of ether oxygens (including phenoxy) is 4. The summed E-state index contributed by atoms with van der Waals surface area (Å²) in [6, 6.07) is 19.2. The highest BCUT2D eigenvalue weighted by atomic mass is 16.5. The van der Waals surface area contributed by atoms with E-state index in [2.05, 4.69) is 4.98 Å². The van der Waals surface area contributed by atoms with Crippen molar-refractivity contribution in [1.29, 1.82) is 0 Å². The number of nitrogens with two attached hydrogens (primary N) is 1. The molecule has 9 nitrogen and oxygen atoms in total. The highest BCUT2D eigenvalue weighted by molar-refractivity contribution is 6.07. The minimum Gasteiger partial charge on any atom is -0.496 e. The predicted octanol–water partition coefficient (Wildman–Crippen LogP) is 5.33. The molecule has 3 aromatic carbocycles. The van der Waals surface area contributed by atoms with Gasteiger partial charge in [0.15, 0.2) is 0 Å². The molecule has 0 aliphatic rings. The first-order chi connectivity index (χ1) is 19.9. The number of anilines is 1. The number of nitrogens with zero attached hydrogens (tertiary/aromatic N) is 2. The molecule has 5 rings (SSSR count). The summed E-state index contributed by atoms with van der Waals surface area (Å²) >= 11 is 0. The van der Waals surface area contributed by atoms with Crippen LogP contribution in [0.5, 0.6) is 17.2 Å². The predicted molar refractivity (Wildman–Crippen MR) is 157 cm³/mol. The lowest BCUT2D eigenvalue weighted by Crippen LogP contribution is -2.27. The Morgan fingerprint density at radius 2 is 1.63 bits per heavy atom. The number of rotatable bonds is 8. The topological polar surface area (TPSA) is 115 Å². The van der Waals surface area contributed by atoms with Crippen LogP contribution in [0.1, 0.15) is 21.6 Å². The van der Waals surface area contributed by atoms with Gasteiger partial charge in [0.25, 0.3) is 5.56 Å². The molecular formula is C32H29N3O6. The van der Waals surface area contributed by atoms with Gasteiger partial charge in [-0.3, -0.25) is 14.3 Å². The van der Waals surface area contributed by atoms with Crippen LogP contribution in [0, 0.1) is 6.92 Å². The second kappa shape index (κ2) is 11.4.